The van der Waals surface area contributed by atoms with Gasteiger partial charge < -0.3 is 10.2 Å². The van der Waals surface area contributed by atoms with Crippen LogP contribution < -0.4 is 5.32 Å². The first-order chi connectivity index (χ1) is 9.31. The molecule has 1 aromatic carbocycles. The Hall–Kier alpha value is -2.35. The first-order valence-corrected chi connectivity index (χ1v) is 6.43. The third-order valence-corrected chi connectivity index (χ3v) is 2.86. The molecule has 0 aromatic heterocycles. The lowest BCUT2D eigenvalue weighted by atomic mass is 10.1. The Kier molecular flexibility index (Phi) is 4.87. The summed E-state index contributed by atoms with van der Waals surface area (Å²) in [5, 5.41) is 11.5. The van der Waals surface area contributed by atoms with Gasteiger partial charge in [0.25, 0.3) is 0 Å². The Morgan fingerprint density at radius 2 is 1.90 bits per heavy atom. The number of hydrogen-bond acceptors (Lipinski definition) is 3. The molecule has 0 unspecified atom stereocenters. The number of para-hydroxylation sites is 1. The van der Waals surface area contributed by atoms with Crippen LogP contribution in [0, 0.1) is 11.3 Å². The van der Waals surface area contributed by atoms with Gasteiger partial charge in [-0.05, 0) is 39.8 Å². The molecule has 0 atom stereocenters. The molecule has 5 heteroatoms. The lowest BCUT2D eigenvalue weighted by Crippen LogP contribution is -2.49. The number of nitriles is 1. The molecule has 0 aliphatic carbocycles. The average molecular weight is 273 g/mol. The van der Waals surface area contributed by atoms with Crippen molar-refractivity contribution in [3.05, 3.63) is 29.8 Å². The molecule has 0 fully saturated rings. The van der Waals surface area contributed by atoms with Crippen LogP contribution in [0.2, 0.25) is 0 Å². The fourth-order valence-corrected chi connectivity index (χ4v) is 1.91. The van der Waals surface area contributed by atoms with Crippen molar-refractivity contribution in [2.24, 2.45) is 0 Å². The first kappa shape index (κ1) is 15.7. The summed E-state index contributed by atoms with van der Waals surface area (Å²) in [7, 11) is 0. The molecule has 0 heterocycles. The number of carbonyl (C=O) groups excluding carboxylic acids is 2. The highest BCUT2D eigenvalue weighted by Crippen LogP contribution is 2.16. The SMILES string of the molecule is CCN(C(=O)C(=O)Nc1ccccc1C#N)C(C)(C)C. The molecular weight excluding hydrogens is 254 g/mol. The van der Waals surface area contributed by atoms with Gasteiger partial charge in [-0.3, -0.25) is 9.59 Å². The second-order valence-corrected chi connectivity index (χ2v) is 5.33. The molecule has 1 rings (SSSR count). The third kappa shape index (κ3) is 3.58. The lowest BCUT2D eigenvalue weighted by Gasteiger charge is -2.34. The molecular formula is C15H19N3O2. The van der Waals surface area contributed by atoms with Crippen LogP contribution in [0.25, 0.3) is 0 Å². The van der Waals surface area contributed by atoms with E-state index >= 15 is 0 Å². The highest BCUT2D eigenvalue weighted by Gasteiger charge is 2.29. The molecule has 0 saturated carbocycles. The topological polar surface area (TPSA) is 73.2 Å². The van der Waals surface area contributed by atoms with Gasteiger partial charge in [0.2, 0.25) is 0 Å². The van der Waals surface area contributed by atoms with Gasteiger partial charge >= 0.3 is 11.8 Å². The van der Waals surface area contributed by atoms with Crippen molar-refractivity contribution < 1.29 is 9.59 Å². The largest absolute Gasteiger partial charge is 0.330 e. The average Bonchev–Trinajstić information content (AvgIpc) is 2.38. The summed E-state index contributed by atoms with van der Waals surface area (Å²) in [5.74, 6) is -1.34. The predicted molar refractivity (Wildman–Crippen MR) is 76.9 cm³/mol. The maximum atomic E-state index is 12.2. The van der Waals surface area contributed by atoms with Gasteiger partial charge in [-0.2, -0.15) is 5.26 Å². The van der Waals surface area contributed by atoms with E-state index in [1.165, 1.54) is 4.90 Å². The summed E-state index contributed by atoms with van der Waals surface area (Å²) in [5.41, 5.74) is 0.239. The minimum absolute atomic E-state index is 0.326. The van der Waals surface area contributed by atoms with Crippen molar-refractivity contribution in [3.63, 3.8) is 0 Å². The van der Waals surface area contributed by atoms with Crippen LogP contribution in [0.4, 0.5) is 5.69 Å². The molecule has 0 spiro atoms. The zero-order chi connectivity index (χ0) is 15.3. The molecule has 20 heavy (non-hydrogen) atoms. The molecule has 0 radical (unpaired) electrons. The van der Waals surface area contributed by atoms with Crippen LogP contribution >= 0.6 is 0 Å². The normalized spacial score (nSPS) is 10.6. The lowest BCUT2D eigenvalue weighted by molar-refractivity contribution is -0.146. The standard InChI is InChI=1S/C15H19N3O2/c1-5-18(15(2,3)4)14(20)13(19)17-12-9-7-6-8-11(12)10-16/h6-9H,5H2,1-4H3,(H,17,19). The second-order valence-electron chi connectivity index (χ2n) is 5.33. The van der Waals surface area contributed by atoms with Crippen molar-refractivity contribution in [1.29, 1.82) is 5.26 Å². The van der Waals surface area contributed by atoms with Gasteiger partial charge in [-0.25, -0.2) is 0 Å². The molecule has 106 valence electrons. The number of amides is 2. The Balaban J connectivity index is 2.91. The van der Waals surface area contributed by atoms with Gasteiger partial charge in [-0.1, -0.05) is 12.1 Å². The number of likely N-dealkylation sites (N-methyl/N-ethyl adjacent to an activating group) is 1. The maximum Gasteiger partial charge on any atom is 0.313 e. The van der Waals surface area contributed by atoms with E-state index < -0.39 is 17.4 Å². The molecule has 2 amide bonds. The minimum Gasteiger partial charge on any atom is -0.330 e. The fraction of sp³-hybridized carbons (Fsp3) is 0.400. The van der Waals surface area contributed by atoms with Gasteiger partial charge in [0.05, 0.1) is 11.3 Å². The first-order valence-electron chi connectivity index (χ1n) is 6.43. The van der Waals surface area contributed by atoms with Crippen LogP contribution in [-0.4, -0.2) is 28.8 Å². The van der Waals surface area contributed by atoms with Gasteiger partial charge in [0.1, 0.15) is 6.07 Å². The van der Waals surface area contributed by atoms with E-state index in [9.17, 15) is 9.59 Å². The molecule has 0 saturated heterocycles. The Morgan fingerprint density at radius 3 is 2.40 bits per heavy atom. The van der Waals surface area contributed by atoms with E-state index in [1.54, 1.807) is 24.3 Å². The predicted octanol–water partition coefficient (Wildman–Crippen LogP) is 2.14. The molecule has 5 nitrogen and oxygen atoms in total. The summed E-state index contributed by atoms with van der Waals surface area (Å²) < 4.78 is 0. The van der Waals surface area contributed by atoms with E-state index in [2.05, 4.69) is 5.32 Å². The summed E-state index contributed by atoms with van der Waals surface area (Å²) in [4.78, 5) is 25.7. The molecule has 1 aromatic rings. The zero-order valence-corrected chi connectivity index (χ0v) is 12.2. The smallest absolute Gasteiger partial charge is 0.313 e. The number of rotatable bonds is 2. The Bertz CT molecular complexity index is 553. The monoisotopic (exact) mass is 273 g/mol. The van der Waals surface area contributed by atoms with E-state index in [1.807, 2.05) is 33.8 Å². The number of nitrogens with zero attached hydrogens (tertiary/aromatic N) is 2. The maximum absolute atomic E-state index is 12.2. The van der Waals surface area contributed by atoms with E-state index in [-0.39, 0.29) is 0 Å². The summed E-state index contributed by atoms with van der Waals surface area (Å²) in [6.45, 7) is 7.86. The molecule has 1 N–H and O–H groups in total. The van der Waals surface area contributed by atoms with Crippen molar-refractivity contribution in [2.75, 3.05) is 11.9 Å². The summed E-state index contributed by atoms with van der Waals surface area (Å²) in [6, 6.07) is 8.55. The van der Waals surface area contributed by atoms with E-state index in [0.717, 1.165) is 0 Å². The Morgan fingerprint density at radius 1 is 1.30 bits per heavy atom. The van der Waals surface area contributed by atoms with Crippen LogP contribution in [-0.2, 0) is 9.59 Å². The Labute approximate surface area is 119 Å². The van der Waals surface area contributed by atoms with Gasteiger partial charge in [0, 0.05) is 12.1 Å². The summed E-state index contributed by atoms with van der Waals surface area (Å²) in [6.07, 6.45) is 0. The fourth-order valence-electron chi connectivity index (χ4n) is 1.91. The van der Waals surface area contributed by atoms with Crippen molar-refractivity contribution in [1.82, 2.24) is 4.90 Å². The van der Waals surface area contributed by atoms with E-state index in [0.29, 0.717) is 17.8 Å². The number of hydrogen-bond donors (Lipinski definition) is 1. The number of nitrogens with one attached hydrogen (secondary N) is 1. The molecule has 0 bridgehead atoms. The quantitative estimate of drug-likeness (QED) is 0.839. The van der Waals surface area contributed by atoms with Crippen LogP contribution in [0.5, 0.6) is 0 Å². The van der Waals surface area contributed by atoms with Gasteiger partial charge in [-0.15, -0.1) is 0 Å². The van der Waals surface area contributed by atoms with Crippen LogP contribution in [0.3, 0.4) is 0 Å². The van der Waals surface area contributed by atoms with Crippen molar-refractivity contribution >= 4 is 17.5 Å². The van der Waals surface area contributed by atoms with Crippen molar-refractivity contribution in [3.8, 4) is 6.07 Å². The van der Waals surface area contributed by atoms with Gasteiger partial charge in [0.15, 0.2) is 0 Å². The number of benzene rings is 1. The molecule has 0 aliphatic rings. The minimum atomic E-state index is -0.732. The van der Waals surface area contributed by atoms with Crippen LogP contribution in [0.15, 0.2) is 24.3 Å². The van der Waals surface area contributed by atoms with Crippen LogP contribution in [0.1, 0.15) is 33.3 Å². The third-order valence-electron chi connectivity index (χ3n) is 2.86. The molecule has 0 aliphatic heterocycles. The zero-order valence-electron chi connectivity index (χ0n) is 12.2. The number of carbonyl (C=O) groups is 2. The highest BCUT2D eigenvalue weighted by atomic mass is 16.2. The second kappa shape index (κ2) is 6.20. The van der Waals surface area contributed by atoms with E-state index in [4.69, 9.17) is 5.26 Å². The summed E-state index contributed by atoms with van der Waals surface area (Å²) >= 11 is 0. The van der Waals surface area contributed by atoms with Crippen molar-refractivity contribution in [2.45, 2.75) is 33.2 Å². The number of anilines is 1. The highest BCUT2D eigenvalue weighted by molar-refractivity contribution is 6.39.